The van der Waals surface area contributed by atoms with Crippen molar-refractivity contribution in [2.75, 3.05) is 0 Å². The molecule has 1 aromatic rings. The van der Waals surface area contributed by atoms with Crippen LogP contribution in [0.25, 0.3) is 0 Å². The van der Waals surface area contributed by atoms with Crippen LogP contribution in [0.5, 0.6) is 0 Å². The Kier molecular flexibility index (Phi) is 1.65. The fourth-order valence-corrected chi connectivity index (χ4v) is 0.918. The van der Waals surface area contributed by atoms with E-state index < -0.39 is 0 Å². The quantitative estimate of drug-likeness (QED) is 0.462. The maximum Gasteiger partial charge on any atom is -0.0399 e. The molecule has 0 aliphatic heterocycles. The average molecular weight is 122 g/mol. The van der Waals surface area contributed by atoms with Gasteiger partial charge in [0, 0.05) is 0 Å². The molecule has 0 unspecified atom stereocenters. The molecule has 42 valence electrons. The maximum atomic E-state index is 4.15. The first-order valence-electron chi connectivity index (χ1n) is 2.54. The molecule has 0 nitrogen and oxygen atoms in total. The fourth-order valence-electron chi connectivity index (χ4n) is 0.628. The summed E-state index contributed by atoms with van der Waals surface area (Å²) in [5.41, 5.74) is 1.26. The summed E-state index contributed by atoms with van der Waals surface area (Å²) in [5.74, 6) is 0. The molecule has 0 spiro atoms. The first kappa shape index (κ1) is 5.78. The summed E-state index contributed by atoms with van der Waals surface area (Å²) in [7, 11) is 4.15. The molecule has 0 aliphatic carbocycles. The van der Waals surface area contributed by atoms with Gasteiger partial charge in [-0.3, -0.25) is 0 Å². The lowest BCUT2D eigenvalue weighted by atomic mass is 10.2. The van der Waals surface area contributed by atoms with Crippen LogP contribution in [0.1, 0.15) is 5.56 Å². The summed E-state index contributed by atoms with van der Waals surface area (Å²) in [6.07, 6.45) is 0. The normalized spacial score (nSPS) is 9.25. The molecule has 0 aromatic heterocycles. The molecule has 0 amide bonds. The second-order valence-electron chi connectivity index (χ2n) is 1.84. The molecular formula is C7H7P-2. The van der Waals surface area contributed by atoms with Crippen molar-refractivity contribution in [1.82, 2.24) is 0 Å². The van der Waals surface area contributed by atoms with Gasteiger partial charge in [0.25, 0.3) is 0 Å². The Morgan fingerprint density at radius 3 is 2.50 bits per heavy atom. The zero-order chi connectivity index (χ0) is 5.98. The average Bonchev–Trinajstić information content (AvgIpc) is 1.64. The molecule has 0 saturated heterocycles. The van der Waals surface area contributed by atoms with Gasteiger partial charge < -0.3 is 14.5 Å². The highest BCUT2D eigenvalue weighted by Gasteiger charge is 1.70. The molecule has 8 heavy (non-hydrogen) atoms. The third-order valence-electron chi connectivity index (χ3n) is 1.00. The van der Waals surface area contributed by atoms with E-state index in [0.29, 0.717) is 0 Å². The molecule has 0 radical (unpaired) electrons. The van der Waals surface area contributed by atoms with Crippen molar-refractivity contribution in [3.63, 3.8) is 0 Å². The molecular weight excluding hydrogens is 115 g/mol. The zero-order valence-corrected chi connectivity index (χ0v) is 5.65. The van der Waals surface area contributed by atoms with Crippen LogP contribution in [0.4, 0.5) is 0 Å². The molecule has 0 aliphatic rings. The Morgan fingerprint density at radius 2 is 2.12 bits per heavy atom. The van der Waals surface area contributed by atoms with Crippen molar-refractivity contribution in [2.45, 2.75) is 6.92 Å². The van der Waals surface area contributed by atoms with Crippen molar-refractivity contribution >= 4 is 14.5 Å². The van der Waals surface area contributed by atoms with Gasteiger partial charge >= 0.3 is 0 Å². The lowest BCUT2D eigenvalue weighted by molar-refractivity contribution is 1.50. The van der Waals surface area contributed by atoms with E-state index in [0.717, 1.165) is 5.30 Å². The molecule has 0 atom stereocenters. The van der Waals surface area contributed by atoms with Gasteiger partial charge in [0.05, 0.1) is 0 Å². The Morgan fingerprint density at radius 1 is 1.38 bits per heavy atom. The van der Waals surface area contributed by atoms with Crippen LogP contribution in [-0.2, 0) is 0 Å². The lowest BCUT2D eigenvalue weighted by Gasteiger charge is -2.32. The molecule has 1 heteroatoms. The SMILES string of the molecule is Cc1cccc([P-2])c1. The molecule has 0 heterocycles. The third-order valence-corrected chi connectivity index (χ3v) is 1.28. The number of rotatable bonds is 0. The van der Waals surface area contributed by atoms with Crippen molar-refractivity contribution in [3.05, 3.63) is 29.8 Å². The Balaban J connectivity index is 3.08. The molecule has 0 saturated carbocycles. The fraction of sp³-hybridized carbons (Fsp3) is 0.143. The minimum absolute atomic E-state index is 1.03. The lowest BCUT2D eigenvalue weighted by Crippen LogP contribution is -1.87. The van der Waals surface area contributed by atoms with Crippen LogP contribution in [0.3, 0.4) is 0 Å². The van der Waals surface area contributed by atoms with E-state index in [9.17, 15) is 0 Å². The molecule has 0 N–H and O–H groups in total. The van der Waals surface area contributed by atoms with Gasteiger partial charge in [-0.2, -0.15) is 0 Å². The Hall–Kier alpha value is -0.350. The molecule has 0 fully saturated rings. The smallest absolute Gasteiger partial charge is 0.0399 e. The minimum Gasteiger partial charge on any atom is -1.45 e. The van der Waals surface area contributed by atoms with E-state index in [2.05, 4.69) is 22.2 Å². The topological polar surface area (TPSA) is 0 Å². The van der Waals surface area contributed by atoms with E-state index in [-0.39, 0.29) is 0 Å². The van der Waals surface area contributed by atoms with E-state index in [4.69, 9.17) is 0 Å². The Bertz CT molecular complexity index is 164. The van der Waals surface area contributed by atoms with Crippen molar-refractivity contribution in [3.8, 4) is 0 Å². The largest absolute Gasteiger partial charge is 1.45 e. The van der Waals surface area contributed by atoms with Gasteiger partial charge in [0.15, 0.2) is 0 Å². The van der Waals surface area contributed by atoms with Gasteiger partial charge in [0.2, 0.25) is 0 Å². The highest BCUT2D eigenvalue weighted by molar-refractivity contribution is 7.27. The van der Waals surface area contributed by atoms with Crippen molar-refractivity contribution in [1.29, 1.82) is 0 Å². The summed E-state index contributed by atoms with van der Waals surface area (Å²) in [6.45, 7) is 2.06. The minimum atomic E-state index is 1.03. The number of aryl methyl sites for hydroxylation is 1. The monoisotopic (exact) mass is 122 g/mol. The highest BCUT2D eigenvalue weighted by Crippen LogP contribution is 1.95. The van der Waals surface area contributed by atoms with E-state index >= 15 is 0 Å². The standard InChI is InChI=1S/C7H7P/c1-6-3-2-4-7(8)5-6/h2-5H,1H3/q-2. The number of benzene rings is 1. The third kappa shape index (κ3) is 1.31. The van der Waals surface area contributed by atoms with Gasteiger partial charge in [-0.25, -0.2) is 0 Å². The van der Waals surface area contributed by atoms with Crippen molar-refractivity contribution in [2.24, 2.45) is 0 Å². The molecule has 0 bridgehead atoms. The summed E-state index contributed by atoms with van der Waals surface area (Å²) in [5, 5.41) is 1.03. The first-order chi connectivity index (χ1) is 3.79. The molecule has 1 rings (SSSR count). The van der Waals surface area contributed by atoms with Crippen molar-refractivity contribution < 1.29 is 0 Å². The number of hydrogen-bond donors (Lipinski definition) is 0. The van der Waals surface area contributed by atoms with Crippen LogP contribution in [-0.4, -0.2) is 0 Å². The summed E-state index contributed by atoms with van der Waals surface area (Å²) >= 11 is 0. The van der Waals surface area contributed by atoms with Gasteiger partial charge in [-0.05, 0) is 6.92 Å². The second-order valence-corrected chi connectivity index (χ2v) is 2.36. The van der Waals surface area contributed by atoms with Crippen LogP contribution in [0.15, 0.2) is 24.3 Å². The van der Waals surface area contributed by atoms with E-state index in [1.807, 2.05) is 18.2 Å². The zero-order valence-electron chi connectivity index (χ0n) is 4.76. The van der Waals surface area contributed by atoms with Crippen LogP contribution in [0, 0.1) is 6.92 Å². The summed E-state index contributed by atoms with van der Waals surface area (Å²) in [6, 6.07) is 8.05. The van der Waals surface area contributed by atoms with Crippen LogP contribution >= 0.6 is 9.24 Å². The maximum absolute atomic E-state index is 4.15. The Labute approximate surface area is 52.1 Å². The predicted octanol–water partition coefficient (Wildman–Crippen LogP) is 2.03. The van der Waals surface area contributed by atoms with Crippen LogP contribution < -0.4 is 5.30 Å². The summed E-state index contributed by atoms with van der Waals surface area (Å²) in [4.78, 5) is 0. The van der Waals surface area contributed by atoms with Crippen LogP contribution in [0.2, 0.25) is 0 Å². The highest BCUT2D eigenvalue weighted by atomic mass is 31.0. The van der Waals surface area contributed by atoms with E-state index in [1.165, 1.54) is 5.56 Å². The first-order valence-corrected chi connectivity index (χ1v) is 2.99. The molecule has 1 aromatic carbocycles. The van der Waals surface area contributed by atoms with E-state index in [1.54, 1.807) is 0 Å². The number of hydrogen-bond acceptors (Lipinski definition) is 0. The summed E-state index contributed by atoms with van der Waals surface area (Å²) < 4.78 is 0. The predicted molar refractivity (Wildman–Crippen MR) is 37.7 cm³/mol. The van der Waals surface area contributed by atoms with Gasteiger partial charge in [0.1, 0.15) is 0 Å². The van der Waals surface area contributed by atoms with Gasteiger partial charge in [-0.15, -0.1) is 12.1 Å². The second kappa shape index (κ2) is 2.28. The van der Waals surface area contributed by atoms with Gasteiger partial charge in [-0.1, -0.05) is 17.7 Å².